The molecule has 1 amide bonds. The highest BCUT2D eigenvalue weighted by molar-refractivity contribution is 5.80. The largest absolute Gasteiger partial charge is 0.339 e. The van der Waals surface area contributed by atoms with Crippen molar-refractivity contribution in [2.45, 2.75) is 58.2 Å². The minimum atomic E-state index is 0.310. The Balaban J connectivity index is 1.34. The first kappa shape index (κ1) is 17.4. The quantitative estimate of drug-likeness (QED) is 0.684. The van der Waals surface area contributed by atoms with Crippen molar-refractivity contribution in [3.05, 3.63) is 30.5 Å². The molecule has 2 fully saturated rings. The Hall–Kier alpha value is -2.70. The van der Waals surface area contributed by atoms with Gasteiger partial charge in [-0.05, 0) is 31.9 Å². The summed E-state index contributed by atoms with van der Waals surface area (Å²) in [4.78, 5) is 19.3. The van der Waals surface area contributed by atoms with Crippen molar-refractivity contribution in [3.63, 3.8) is 0 Å². The van der Waals surface area contributed by atoms with Crippen molar-refractivity contribution in [1.29, 1.82) is 0 Å². The first-order chi connectivity index (χ1) is 13.7. The third-order valence-corrected chi connectivity index (χ3v) is 6.19. The van der Waals surface area contributed by atoms with E-state index in [0.29, 0.717) is 24.3 Å². The van der Waals surface area contributed by atoms with Crippen LogP contribution in [0.1, 0.15) is 39.0 Å². The van der Waals surface area contributed by atoms with E-state index in [4.69, 9.17) is 4.98 Å². The maximum Gasteiger partial charge on any atom is 0.223 e. The molecule has 146 valence electrons. The molecule has 7 heteroatoms. The molecule has 1 saturated carbocycles. The van der Waals surface area contributed by atoms with Crippen molar-refractivity contribution in [3.8, 4) is 11.5 Å². The third kappa shape index (κ3) is 2.99. The lowest BCUT2D eigenvalue weighted by atomic mass is 10.1. The van der Waals surface area contributed by atoms with Crippen LogP contribution in [0.3, 0.4) is 0 Å². The fourth-order valence-electron chi connectivity index (χ4n) is 4.85. The molecule has 7 nitrogen and oxygen atoms in total. The Morgan fingerprint density at radius 2 is 2.00 bits per heavy atom. The molecular weight excluding hydrogens is 352 g/mol. The van der Waals surface area contributed by atoms with E-state index in [1.54, 1.807) is 0 Å². The van der Waals surface area contributed by atoms with E-state index in [-0.39, 0.29) is 0 Å². The molecule has 0 N–H and O–H groups in total. The number of hydrogen-bond acceptors (Lipinski definition) is 4. The van der Waals surface area contributed by atoms with E-state index >= 15 is 0 Å². The number of hydrogen-bond donors (Lipinski definition) is 0. The van der Waals surface area contributed by atoms with Gasteiger partial charge in [0.1, 0.15) is 5.69 Å². The van der Waals surface area contributed by atoms with E-state index in [1.165, 1.54) is 25.7 Å². The van der Waals surface area contributed by atoms with Crippen molar-refractivity contribution >= 4 is 16.9 Å². The fourth-order valence-corrected chi connectivity index (χ4v) is 4.85. The van der Waals surface area contributed by atoms with Crippen LogP contribution in [0.2, 0.25) is 0 Å². The number of aryl methyl sites for hydroxylation is 1. The number of amides is 1. The first-order valence-electron chi connectivity index (χ1n) is 10.4. The molecule has 0 radical (unpaired) electrons. The molecule has 1 atom stereocenters. The van der Waals surface area contributed by atoms with Gasteiger partial charge in [-0.1, -0.05) is 30.2 Å². The monoisotopic (exact) mass is 378 g/mol. The Labute approximate surface area is 164 Å². The average Bonchev–Trinajstić information content (AvgIpc) is 3.47. The van der Waals surface area contributed by atoms with Gasteiger partial charge in [-0.3, -0.25) is 9.48 Å². The highest BCUT2D eigenvalue weighted by atomic mass is 16.2. The number of carbonyl (C=O) groups is 1. The van der Waals surface area contributed by atoms with Gasteiger partial charge in [0, 0.05) is 38.0 Å². The average molecular weight is 378 g/mol. The summed E-state index contributed by atoms with van der Waals surface area (Å²) in [6, 6.07) is 8.61. The first-order valence-corrected chi connectivity index (χ1v) is 10.4. The van der Waals surface area contributed by atoms with Gasteiger partial charge in [0.25, 0.3) is 0 Å². The van der Waals surface area contributed by atoms with Crippen LogP contribution in [0.15, 0.2) is 30.5 Å². The third-order valence-electron chi connectivity index (χ3n) is 6.19. The smallest absolute Gasteiger partial charge is 0.223 e. The van der Waals surface area contributed by atoms with Crippen molar-refractivity contribution in [2.24, 2.45) is 5.92 Å². The van der Waals surface area contributed by atoms with E-state index in [2.05, 4.69) is 32.8 Å². The predicted octanol–water partition coefficient (Wildman–Crippen LogP) is 3.11. The lowest BCUT2D eigenvalue weighted by molar-refractivity contribution is -0.129. The summed E-state index contributed by atoms with van der Waals surface area (Å²) in [5, 5.41) is 8.71. The second-order valence-electron chi connectivity index (χ2n) is 8.05. The van der Waals surface area contributed by atoms with Crippen molar-refractivity contribution in [2.75, 3.05) is 6.54 Å². The van der Waals surface area contributed by atoms with Gasteiger partial charge in [-0.2, -0.15) is 0 Å². The highest BCUT2D eigenvalue weighted by Gasteiger charge is 2.35. The van der Waals surface area contributed by atoms with Crippen molar-refractivity contribution < 1.29 is 4.79 Å². The second-order valence-corrected chi connectivity index (χ2v) is 8.05. The zero-order valence-corrected chi connectivity index (χ0v) is 16.3. The number of likely N-dealkylation sites (tertiary alicyclic amines) is 1. The van der Waals surface area contributed by atoms with E-state index in [0.717, 1.165) is 42.2 Å². The summed E-state index contributed by atoms with van der Waals surface area (Å²) in [5.41, 5.74) is 2.88. The van der Waals surface area contributed by atoms with E-state index < -0.39 is 0 Å². The molecule has 0 spiro atoms. The summed E-state index contributed by atoms with van der Waals surface area (Å²) in [5.74, 6) is 1.47. The maximum atomic E-state index is 12.4. The molecule has 2 aromatic heterocycles. The van der Waals surface area contributed by atoms with Gasteiger partial charge in [-0.15, -0.1) is 5.10 Å². The lowest BCUT2D eigenvalue weighted by Crippen LogP contribution is -2.34. The molecule has 3 aromatic rings. The van der Waals surface area contributed by atoms with Crippen LogP contribution in [-0.4, -0.2) is 47.9 Å². The number of benzene rings is 1. The maximum absolute atomic E-state index is 12.4. The molecule has 5 rings (SSSR count). The number of nitrogens with zero attached hydrogens (tertiary/aromatic N) is 6. The van der Waals surface area contributed by atoms with Crippen molar-refractivity contribution in [1.82, 2.24) is 29.4 Å². The number of rotatable bonds is 5. The van der Waals surface area contributed by atoms with Gasteiger partial charge in [0.2, 0.25) is 5.91 Å². The zero-order valence-electron chi connectivity index (χ0n) is 16.3. The molecule has 0 bridgehead atoms. The SMILES string of the molecule is CCn1c(-c2cn(CC3CC(=O)N(C4CCCC4)C3)nn2)nc2ccccc21. The minimum absolute atomic E-state index is 0.310. The van der Waals surface area contributed by atoms with E-state index in [9.17, 15) is 4.79 Å². The van der Waals surface area contributed by atoms with Gasteiger partial charge in [0.15, 0.2) is 5.82 Å². The predicted molar refractivity (Wildman–Crippen MR) is 106 cm³/mol. The summed E-state index contributed by atoms with van der Waals surface area (Å²) >= 11 is 0. The Bertz CT molecular complexity index is 999. The van der Waals surface area contributed by atoms with E-state index in [1.807, 2.05) is 29.1 Å². The summed E-state index contributed by atoms with van der Waals surface area (Å²) in [6.45, 7) is 4.53. The molecular formula is C21H26N6O. The zero-order chi connectivity index (χ0) is 19.1. The molecule has 1 aromatic carbocycles. The Morgan fingerprint density at radius 3 is 2.82 bits per heavy atom. The number of para-hydroxylation sites is 2. The number of aromatic nitrogens is 5. The minimum Gasteiger partial charge on any atom is -0.339 e. The molecule has 1 aliphatic heterocycles. The molecule has 3 heterocycles. The van der Waals surface area contributed by atoms with Gasteiger partial charge >= 0.3 is 0 Å². The Kier molecular flexibility index (Phi) is 4.37. The molecule has 1 unspecified atom stereocenters. The van der Waals surface area contributed by atoms with Crippen LogP contribution >= 0.6 is 0 Å². The standard InChI is InChI=1S/C21H26N6O/c1-2-26-19-10-6-5-9-17(19)22-21(26)18-14-25(24-23-18)12-15-11-20(28)27(13-15)16-7-3-4-8-16/h5-6,9-10,14-16H,2-4,7-8,11-13H2,1H3. The van der Waals surface area contributed by atoms with Crippen LogP contribution < -0.4 is 0 Å². The van der Waals surface area contributed by atoms with Crippen LogP contribution in [0.5, 0.6) is 0 Å². The number of imidazole rings is 1. The second kappa shape index (κ2) is 7.04. The van der Waals surface area contributed by atoms with Crippen LogP contribution in [0.4, 0.5) is 0 Å². The fraction of sp³-hybridized carbons (Fsp3) is 0.524. The summed E-state index contributed by atoms with van der Waals surface area (Å²) in [7, 11) is 0. The lowest BCUT2D eigenvalue weighted by Gasteiger charge is -2.24. The highest BCUT2D eigenvalue weighted by Crippen LogP contribution is 2.30. The number of carbonyl (C=O) groups excluding carboxylic acids is 1. The summed E-state index contributed by atoms with van der Waals surface area (Å²) < 4.78 is 4.05. The summed E-state index contributed by atoms with van der Waals surface area (Å²) in [6.07, 6.45) is 7.43. The Morgan fingerprint density at radius 1 is 1.18 bits per heavy atom. The molecule has 2 aliphatic rings. The van der Waals surface area contributed by atoms with Gasteiger partial charge in [-0.25, -0.2) is 4.98 Å². The van der Waals surface area contributed by atoms with Crippen LogP contribution in [0, 0.1) is 5.92 Å². The molecule has 1 aliphatic carbocycles. The number of fused-ring (bicyclic) bond motifs is 1. The van der Waals surface area contributed by atoms with Crippen LogP contribution in [0.25, 0.3) is 22.6 Å². The van der Waals surface area contributed by atoms with Crippen LogP contribution in [-0.2, 0) is 17.9 Å². The van der Waals surface area contributed by atoms with Gasteiger partial charge in [0.05, 0.1) is 17.2 Å². The molecule has 1 saturated heterocycles. The normalized spacial score (nSPS) is 20.7. The van der Waals surface area contributed by atoms with Gasteiger partial charge < -0.3 is 9.47 Å². The molecule has 28 heavy (non-hydrogen) atoms. The topological polar surface area (TPSA) is 68.8 Å².